The van der Waals surface area contributed by atoms with Crippen LogP contribution in [0.3, 0.4) is 0 Å². The highest BCUT2D eigenvalue weighted by Gasteiger charge is 2.09. The van der Waals surface area contributed by atoms with Crippen LogP contribution in [0.5, 0.6) is 0 Å². The lowest BCUT2D eigenvalue weighted by Gasteiger charge is -2.09. The van der Waals surface area contributed by atoms with Crippen LogP contribution in [0.1, 0.15) is 11.7 Å². The normalized spacial score (nSPS) is 12.6. The molecule has 0 saturated carbocycles. The van der Waals surface area contributed by atoms with Crippen molar-refractivity contribution in [2.45, 2.75) is 11.0 Å². The van der Waals surface area contributed by atoms with Crippen LogP contribution in [0.15, 0.2) is 50.5 Å². The molecule has 0 aliphatic rings. The van der Waals surface area contributed by atoms with E-state index in [4.69, 9.17) is 0 Å². The number of aliphatic hydroxyl groups excluding tert-OH is 1. The summed E-state index contributed by atoms with van der Waals surface area (Å²) >= 11 is 6.77. The lowest BCUT2D eigenvalue weighted by atomic mass is 10.2. The zero-order chi connectivity index (χ0) is 11.4. The smallest absolute Gasteiger partial charge is 0.0891 e. The van der Waals surface area contributed by atoms with Gasteiger partial charge in [-0.3, -0.25) is 0 Å². The molecule has 1 aromatic heterocycles. The summed E-state index contributed by atoms with van der Waals surface area (Å²) in [6.07, 6.45) is -0.386. The summed E-state index contributed by atoms with van der Waals surface area (Å²) in [5.74, 6) is 0.680. The predicted molar refractivity (Wildman–Crippen MR) is 74.1 cm³/mol. The molecule has 1 aromatic carbocycles. The molecule has 2 rings (SSSR count). The molecule has 0 fully saturated rings. The van der Waals surface area contributed by atoms with Crippen LogP contribution in [-0.4, -0.2) is 10.9 Å². The third kappa shape index (κ3) is 3.10. The highest BCUT2D eigenvalue weighted by molar-refractivity contribution is 9.10. The standard InChI is InChI=1S/C12H11BrOS2/c13-10-3-1-2-4-12(10)16-8-11(14)9-5-6-15-7-9/h1-7,11,14H,8H2. The maximum absolute atomic E-state index is 9.93. The molecular formula is C12H11BrOS2. The molecule has 1 atom stereocenters. The summed E-state index contributed by atoms with van der Waals surface area (Å²) < 4.78 is 1.08. The van der Waals surface area contributed by atoms with E-state index in [1.807, 2.05) is 35.0 Å². The number of benzene rings is 1. The van der Waals surface area contributed by atoms with Crippen molar-refractivity contribution in [2.24, 2.45) is 0 Å². The van der Waals surface area contributed by atoms with Gasteiger partial charge in [0.1, 0.15) is 0 Å². The molecule has 0 aliphatic heterocycles. The third-order valence-electron chi connectivity index (χ3n) is 2.16. The van der Waals surface area contributed by atoms with Gasteiger partial charge in [0.25, 0.3) is 0 Å². The summed E-state index contributed by atoms with van der Waals surface area (Å²) in [7, 11) is 0. The second-order valence-corrected chi connectivity index (χ2v) is 6.01. The molecule has 1 heterocycles. The van der Waals surface area contributed by atoms with Gasteiger partial charge in [-0.1, -0.05) is 12.1 Å². The van der Waals surface area contributed by atoms with Gasteiger partial charge < -0.3 is 5.11 Å². The van der Waals surface area contributed by atoms with Gasteiger partial charge in [0.05, 0.1) is 6.10 Å². The quantitative estimate of drug-likeness (QED) is 0.847. The van der Waals surface area contributed by atoms with Gasteiger partial charge in [-0.05, 0) is 50.5 Å². The van der Waals surface area contributed by atoms with Crippen molar-refractivity contribution >= 4 is 39.0 Å². The van der Waals surface area contributed by atoms with E-state index in [0.717, 1.165) is 14.9 Å². The lowest BCUT2D eigenvalue weighted by Crippen LogP contribution is -1.98. The monoisotopic (exact) mass is 314 g/mol. The van der Waals surface area contributed by atoms with Gasteiger partial charge in [-0.25, -0.2) is 0 Å². The lowest BCUT2D eigenvalue weighted by molar-refractivity contribution is 0.204. The Morgan fingerprint density at radius 3 is 2.81 bits per heavy atom. The highest BCUT2D eigenvalue weighted by atomic mass is 79.9. The minimum Gasteiger partial charge on any atom is -0.388 e. The summed E-state index contributed by atoms with van der Waals surface area (Å²) in [5, 5.41) is 13.9. The van der Waals surface area contributed by atoms with Crippen molar-refractivity contribution in [1.82, 2.24) is 0 Å². The maximum atomic E-state index is 9.93. The number of aliphatic hydroxyl groups is 1. The molecule has 0 bridgehead atoms. The van der Waals surface area contributed by atoms with Crippen molar-refractivity contribution in [3.8, 4) is 0 Å². The predicted octanol–water partition coefficient (Wildman–Crippen LogP) is 4.34. The summed E-state index contributed by atoms with van der Waals surface area (Å²) in [6.45, 7) is 0. The molecule has 1 unspecified atom stereocenters. The fourth-order valence-corrected chi connectivity index (χ4v) is 3.54. The van der Waals surface area contributed by atoms with Crippen molar-refractivity contribution in [3.63, 3.8) is 0 Å². The molecule has 0 saturated heterocycles. The van der Waals surface area contributed by atoms with Gasteiger partial charge in [0, 0.05) is 15.1 Å². The molecule has 4 heteroatoms. The molecular weight excluding hydrogens is 304 g/mol. The second-order valence-electron chi connectivity index (χ2n) is 3.31. The molecule has 1 nitrogen and oxygen atoms in total. The van der Waals surface area contributed by atoms with Crippen LogP contribution in [0.4, 0.5) is 0 Å². The van der Waals surface area contributed by atoms with Gasteiger partial charge >= 0.3 is 0 Å². The Hall–Kier alpha value is -0.290. The molecule has 0 amide bonds. The van der Waals surface area contributed by atoms with E-state index in [0.29, 0.717) is 5.75 Å². The van der Waals surface area contributed by atoms with Crippen LogP contribution >= 0.6 is 39.0 Å². The number of thioether (sulfide) groups is 1. The maximum Gasteiger partial charge on any atom is 0.0891 e. The van der Waals surface area contributed by atoms with Gasteiger partial charge in [0.2, 0.25) is 0 Å². The van der Waals surface area contributed by atoms with E-state index >= 15 is 0 Å². The summed E-state index contributed by atoms with van der Waals surface area (Å²) in [5.41, 5.74) is 1.00. The number of halogens is 1. The number of thiophene rings is 1. The van der Waals surface area contributed by atoms with E-state index in [1.165, 1.54) is 0 Å². The minimum atomic E-state index is -0.386. The van der Waals surface area contributed by atoms with Crippen LogP contribution in [0, 0.1) is 0 Å². The molecule has 0 aliphatic carbocycles. The highest BCUT2D eigenvalue weighted by Crippen LogP contribution is 2.30. The van der Waals surface area contributed by atoms with Crippen molar-refractivity contribution in [3.05, 3.63) is 51.1 Å². The molecule has 2 aromatic rings. The van der Waals surface area contributed by atoms with Crippen LogP contribution in [0.2, 0.25) is 0 Å². The zero-order valence-corrected chi connectivity index (χ0v) is 11.7. The average Bonchev–Trinajstić information content (AvgIpc) is 2.81. The molecule has 0 radical (unpaired) electrons. The van der Waals surface area contributed by atoms with Crippen LogP contribution in [-0.2, 0) is 0 Å². The Bertz CT molecular complexity index is 442. The van der Waals surface area contributed by atoms with E-state index in [2.05, 4.69) is 22.0 Å². The molecule has 16 heavy (non-hydrogen) atoms. The first-order valence-corrected chi connectivity index (χ1v) is 7.57. The summed E-state index contributed by atoms with van der Waals surface area (Å²) in [6, 6.07) is 10.0. The van der Waals surface area contributed by atoms with Crippen LogP contribution < -0.4 is 0 Å². The molecule has 84 valence electrons. The number of hydrogen-bond acceptors (Lipinski definition) is 3. The van der Waals surface area contributed by atoms with Gasteiger partial charge in [-0.2, -0.15) is 11.3 Å². The number of hydrogen-bond donors (Lipinski definition) is 1. The van der Waals surface area contributed by atoms with E-state index < -0.39 is 0 Å². The van der Waals surface area contributed by atoms with Gasteiger partial charge in [-0.15, -0.1) is 11.8 Å². The SMILES string of the molecule is OC(CSc1ccccc1Br)c1ccsc1. The van der Waals surface area contributed by atoms with E-state index in [1.54, 1.807) is 23.1 Å². The Balaban J connectivity index is 1.95. The second kappa shape index (κ2) is 5.87. The number of rotatable bonds is 4. The van der Waals surface area contributed by atoms with Crippen LogP contribution in [0.25, 0.3) is 0 Å². The first-order valence-electron chi connectivity index (χ1n) is 4.85. The zero-order valence-electron chi connectivity index (χ0n) is 8.47. The fraction of sp³-hybridized carbons (Fsp3) is 0.167. The van der Waals surface area contributed by atoms with E-state index in [-0.39, 0.29) is 6.10 Å². The van der Waals surface area contributed by atoms with Crippen molar-refractivity contribution < 1.29 is 5.11 Å². The largest absolute Gasteiger partial charge is 0.388 e. The van der Waals surface area contributed by atoms with Gasteiger partial charge in [0.15, 0.2) is 0 Å². The van der Waals surface area contributed by atoms with Crippen molar-refractivity contribution in [1.29, 1.82) is 0 Å². The Morgan fingerprint density at radius 1 is 1.31 bits per heavy atom. The first kappa shape index (κ1) is 12.2. The van der Waals surface area contributed by atoms with E-state index in [9.17, 15) is 5.11 Å². The van der Waals surface area contributed by atoms with Crippen molar-refractivity contribution in [2.75, 3.05) is 5.75 Å². The average molecular weight is 315 g/mol. The fourth-order valence-electron chi connectivity index (χ4n) is 1.29. The Morgan fingerprint density at radius 2 is 2.12 bits per heavy atom. The Labute approximate surface area is 112 Å². The topological polar surface area (TPSA) is 20.2 Å². The minimum absolute atomic E-state index is 0.386. The molecule has 0 spiro atoms. The molecule has 1 N–H and O–H groups in total. The third-order valence-corrected chi connectivity index (χ3v) is 4.97. The Kier molecular flexibility index (Phi) is 4.46. The first-order chi connectivity index (χ1) is 7.77. The summed E-state index contributed by atoms with van der Waals surface area (Å²) in [4.78, 5) is 1.16.